The van der Waals surface area contributed by atoms with Crippen molar-refractivity contribution >= 4 is 38.3 Å². The Kier molecular flexibility index (Phi) is 3.65. The van der Waals surface area contributed by atoms with Gasteiger partial charge in [0.2, 0.25) is 10.0 Å². The van der Waals surface area contributed by atoms with Crippen molar-refractivity contribution in [3.05, 3.63) is 35.2 Å². The number of hydrogen-bond donors (Lipinski definition) is 1. The van der Waals surface area contributed by atoms with Crippen LogP contribution in [0.2, 0.25) is 0 Å². The number of thioether (sulfide) groups is 1. The molecule has 1 saturated carbocycles. The number of amidine groups is 1. The Morgan fingerprint density at radius 1 is 1.22 bits per heavy atom. The van der Waals surface area contributed by atoms with Crippen LogP contribution in [0.3, 0.4) is 0 Å². The van der Waals surface area contributed by atoms with Gasteiger partial charge in [-0.2, -0.15) is 0 Å². The molecule has 1 aliphatic carbocycles. The molecule has 0 unspecified atom stereocenters. The molecule has 0 saturated heterocycles. The van der Waals surface area contributed by atoms with E-state index < -0.39 is 10.0 Å². The Bertz CT molecular complexity index is 784. The van der Waals surface area contributed by atoms with Crippen LogP contribution in [0.5, 0.6) is 0 Å². The van der Waals surface area contributed by atoms with Crippen LogP contribution in [0, 0.1) is 0 Å². The van der Waals surface area contributed by atoms with Crippen molar-refractivity contribution in [1.82, 2.24) is 4.90 Å². The van der Waals surface area contributed by atoms with Gasteiger partial charge in [0.05, 0.1) is 24.0 Å². The summed E-state index contributed by atoms with van der Waals surface area (Å²) in [5, 5.41) is 3.28. The fourth-order valence-electron chi connectivity index (χ4n) is 3.55. The molecule has 1 fully saturated rings. The van der Waals surface area contributed by atoms with E-state index in [4.69, 9.17) is 4.99 Å². The van der Waals surface area contributed by atoms with Gasteiger partial charge in [-0.1, -0.05) is 36.7 Å². The minimum atomic E-state index is -3.24. The summed E-state index contributed by atoms with van der Waals surface area (Å²) in [4.78, 5) is 7.26. The molecule has 122 valence electrons. The highest BCUT2D eigenvalue weighted by molar-refractivity contribution is 8.16. The van der Waals surface area contributed by atoms with Gasteiger partial charge in [0.15, 0.2) is 5.17 Å². The molecule has 0 radical (unpaired) electrons. The fourth-order valence-corrected chi connectivity index (χ4v) is 5.13. The Morgan fingerprint density at radius 3 is 2.70 bits per heavy atom. The van der Waals surface area contributed by atoms with Crippen molar-refractivity contribution in [2.24, 2.45) is 4.99 Å². The molecule has 23 heavy (non-hydrogen) atoms. The molecule has 1 aromatic rings. The predicted octanol–water partition coefficient (Wildman–Crippen LogP) is 3.09. The van der Waals surface area contributed by atoms with E-state index in [-0.39, 0.29) is 0 Å². The lowest BCUT2D eigenvalue weighted by atomic mass is 9.90. The van der Waals surface area contributed by atoms with Gasteiger partial charge in [-0.25, -0.2) is 8.42 Å². The van der Waals surface area contributed by atoms with Crippen LogP contribution in [0.25, 0.3) is 5.70 Å². The zero-order valence-electron chi connectivity index (χ0n) is 12.9. The SMILES string of the molecule is CS(=O)(=O)Nc1ccc(C2=CSC3=N[C@H]4CCCC[C@H]4N23)cc1. The van der Waals surface area contributed by atoms with E-state index in [9.17, 15) is 8.42 Å². The van der Waals surface area contributed by atoms with Crippen LogP contribution in [0.15, 0.2) is 34.7 Å². The second-order valence-corrected chi connectivity index (χ2v) is 8.86. The van der Waals surface area contributed by atoms with E-state index in [1.54, 1.807) is 11.8 Å². The number of aliphatic imine (C=N–C) groups is 1. The summed E-state index contributed by atoms with van der Waals surface area (Å²) in [6.07, 6.45) is 6.10. The minimum Gasteiger partial charge on any atom is -0.315 e. The quantitative estimate of drug-likeness (QED) is 0.911. The maximum atomic E-state index is 11.3. The van der Waals surface area contributed by atoms with E-state index in [0.717, 1.165) is 17.0 Å². The molecule has 2 aliphatic heterocycles. The molecular weight excluding hydrogens is 330 g/mol. The summed E-state index contributed by atoms with van der Waals surface area (Å²) in [5.74, 6) is 0. The molecule has 7 heteroatoms. The number of sulfonamides is 1. The topological polar surface area (TPSA) is 61.8 Å². The molecule has 1 N–H and O–H groups in total. The molecule has 0 spiro atoms. The van der Waals surface area contributed by atoms with Gasteiger partial charge in [0.25, 0.3) is 0 Å². The van der Waals surface area contributed by atoms with Gasteiger partial charge in [0.1, 0.15) is 0 Å². The summed E-state index contributed by atoms with van der Waals surface area (Å²) < 4.78 is 25.1. The Hall–Kier alpha value is -1.47. The van der Waals surface area contributed by atoms with Crippen molar-refractivity contribution in [3.63, 3.8) is 0 Å². The highest BCUT2D eigenvalue weighted by Gasteiger charge is 2.41. The third-order valence-electron chi connectivity index (χ3n) is 4.53. The first kappa shape index (κ1) is 15.1. The van der Waals surface area contributed by atoms with Gasteiger partial charge in [-0.15, -0.1) is 0 Å². The lowest BCUT2D eigenvalue weighted by Gasteiger charge is -2.32. The van der Waals surface area contributed by atoms with E-state index in [1.807, 2.05) is 24.3 Å². The number of hydrogen-bond acceptors (Lipinski definition) is 5. The molecule has 1 aromatic carbocycles. The first-order valence-corrected chi connectivity index (χ1v) is 10.6. The maximum absolute atomic E-state index is 11.3. The first-order valence-electron chi connectivity index (χ1n) is 7.83. The Balaban J connectivity index is 1.58. The number of anilines is 1. The molecule has 0 amide bonds. The Morgan fingerprint density at radius 2 is 1.96 bits per heavy atom. The maximum Gasteiger partial charge on any atom is 0.229 e. The van der Waals surface area contributed by atoms with E-state index >= 15 is 0 Å². The van der Waals surface area contributed by atoms with E-state index in [1.165, 1.54) is 31.4 Å². The second-order valence-electron chi connectivity index (χ2n) is 6.27. The lowest BCUT2D eigenvalue weighted by Crippen LogP contribution is -2.38. The predicted molar refractivity (Wildman–Crippen MR) is 95.8 cm³/mol. The van der Waals surface area contributed by atoms with Crippen LogP contribution in [-0.4, -0.2) is 36.8 Å². The summed E-state index contributed by atoms with van der Waals surface area (Å²) >= 11 is 1.70. The number of benzene rings is 1. The van der Waals surface area contributed by atoms with Gasteiger partial charge in [0, 0.05) is 11.1 Å². The van der Waals surface area contributed by atoms with Gasteiger partial charge in [-0.3, -0.25) is 9.71 Å². The van der Waals surface area contributed by atoms with Crippen molar-refractivity contribution in [2.75, 3.05) is 11.0 Å². The van der Waals surface area contributed by atoms with Crippen molar-refractivity contribution in [1.29, 1.82) is 0 Å². The minimum absolute atomic E-state index is 0.445. The number of nitrogens with zero attached hydrogens (tertiary/aromatic N) is 2. The smallest absolute Gasteiger partial charge is 0.229 e. The van der Waals surface area contributed by atoms with Crippen LogP contribution in [0.1, 0.15) is 31.2 Å². The average molecular weight is 349 g/mol. The zero-order chi connectivity index (χ0) is 16.0. The second kappa shape index (κ2) is 5.56. The molecule has 3 aliphatic rings. The number of nitrogens with one attached hydrogen (secondary N) is 1. The molecule has 0 bridgehead atoms. The molecule has 0 aromatic heterocycles. The van der Waals surface area contributed by atoms with E-state index in [0.29, 0.717) is 17.8 Å². The monoisotopic (exact) mass is 349 g/mol. The molecule has 4 rings (SSSR count). The van der Waals surface area contributed by atoms with Gasteiger partial charge in [-0.05, 0) is 30.5 Å². The van der Waals surface area contributed by atoms with Gasteiger partial charge < -0.3 is 4.90 Å². The van der Waals surface area contributed by atoms with Crippen LogP contribution in [-0.2, 0) is 10.0 Å². The van der Waals surface area contributed by atoms with Crippen LogP contribution in [0.4, 0.5) is 5.69 Å². The summed E-state index contributed by atoms with van der Waals surface area (Å²) in [5.41, 5.74) is 2.88. The summed E-state index contributed by atoms with van der Waals surface area (Å²) in [6.45, 7) is 0. The summed E-state index contributed by atoms with van der Waals surface area (Å²) in [6, 6.07) is 8.50. The van der Waals surface area contributed by atoms with Crippen molar-refractivity contribution in [3.8, 4) is 0 Å². The van der Waals surface area contributed by atoms with Crippen LogP contribution >= 0.6 is 11.8 Å². The zero-order valence-corrected chi connectivity index (χ0v) is 14.5. The third kappa shape index (κ3) is 2.87. The van der Waals surface area contributed by atoms with Crippen molar-refractivity contribution < 1.29 is 8.42 Å². The van der Waals surface area contributed by atoms with Crippen LogP contribution < -0.4 is 4.72 Å². The molecule has 2 atom stereocenters. The standard InChI is InChI=1S/C16H19N3O2S2/c1-23(20,21)18-12-8-6-11(7-9-12)15-10-22-16-17-13-4-2-3-5-14(13)19(15)16/h6-10,13-14,18H,2-5H2,1H3/t13-,14+/m0/s1. The summed E-state index contributed by atoms with van der Waals surface area (Å²) in [7, 11) is -3.24. The lowest BCUT2D eigenvalue weighted by molar-refractivity contribution is 0.305. The Labute approximate surface area is 140 Å². The molecule has 5 nitrogen and oxygen atoms in total. The number of fused-ring (bicyclic) bond motifs is 3. The third-order valence-corrected chi connectivity index (χ3v) is 5.99. The largest absolute Gasteiger partial charge is 0.315 e. The first-order chi connectivity index (χ1) is 11.0. The normalized spacial score (nSPS) is 26.4. The van der Waals surface area contributed by atoms with E-state index in [2.05, 4.69) is 15.0 Å². The van der Waals surface area contributed by atoms with Crippen molar-refractivity contribution in [2.45, 2.75) is 37.8 Å². The fraction of sp³-hybridized carbons (Fsp3) is 0.438. The average Bonchev–Trinajstić information content (AvgIpc) is 3.05. The highest BCUT2D eigenvalue weighted by Crippen LogP contribution is 2.44. The number of rotatable bonds is 3. The highest BCUT2D eigenvalue weighted by atomic mass is 32.2. The molecular formula is C16H19N3O2S2. The molecule has 2 heterocycles. The van der Waals surface area contributed by atoms with Gasteiger partial charge >= 0.3 is 0 Å².